The van der Waals surface area contributed by atoms with Crippen molar-refractivity contribution in [2.24, 2.45) is 5.41 Å². The number of carbonyl (C=O) groups is 1. The molecule has 0 bridgehead atoms. The van der Waals surface area contributed by atoms with E-state index in [2.05, 4.69) is 11.4 Å². The zero-order chi connectivity index (χ0) is 12.9. The van der Waals surface area contributed by atoms with E-state index < -0.39 is 5.41 Å². The Labute approximate surface area is 102 Å². The third-order valence-corrected chi connectivity index (χ3v) is 2.48. The van der Waals surface area contributed by atoms with Crippen molar-refractivity contribution < 1.29 is 4.79 Å². The maximum Gasteiger partial charge on any atom is 0.224 e. The van der Waals surface area contributed by atoms with Crippen molar-refractivity contribution in [3.63, 3.8) is 0 Å². The van der Waals surface area contributed by atoms with Crippen molar-refractivity contribution in [2.75, 3.05) is 6.54 Å². The second-order valence-electron chi connectivity index (χ2n) is 4.94. The van der Waals surface area contributed by atoms with Crippen LogP contribution >= 0.6 is 0 Å². The van der Waals surface area contributed by atoms with E-state index in [4.69, 9.17) is 5.26 Å². The molecule has 0 aliphatic rings. The van der Waals surface area contributed by atoms with Crippen molar-refractivity contribution in [1.29, 1.82) is 5.26 Å². The predicted molar refractivity (Wildman–Crippen MR) is 67.3 cm³/mol. The molecule has 90 valence electrons. The molecule has 0 aliphatic carbocycles. The van der Waals surface area contributed by atoms with E-state index in [1.807, 2.05) is 31.2 Å². The van der Waals surface area contributed by atoms with E-state index in [0.29, 0.717) is 13.0 Å². The zero-order valence-electron chi connectivity index (χ0n) is 10.6. The van der Waals surface area contributed by atoms with Gasteiger partial charge in [-0.2, -0.15) is 5.26 Å². The molecule has 0 aromatic heterocycles. The van der Waals surface area contributed by atoms with Gasteiger partial charge in [-0.25, -0.2) is 0 Å². The van der Waals surface area contributed by atoms with Gasteiger partial charge in [0.25, 0.3) is 0 Å². The first-order valence-electron chi connectivity index (χ1n) is 5.66. The molecule has 0 atom stereocenters. The van der Waals surface area contributed by atoms with Crippen LogP contribution in [0.15, 0.2) is 24.3 Å². The van der Waals surface area contributed by atoms with E-state index in [1.165, 1.54) is 0 Å². The van der Waals surface area contributed by atoms with Gasteiger partial charge in [0.1, 0.15) is 0 Å². The number of rotatable bonds is 4. The van der Waals surface area contributed by atoms with Crippen LogP contribution in [0.3, 0.4) is 0 Å². The number of carbonyl (C=O) groups excluding carboxylic acids is 1. The summed E-state index contributed by atoms with van der Waals surface area (Å²) in [5.41, 5.74) is 1.63. The van der Waals surface area contributed by atoms with Crippen LogP contribution in [-0.4, -0.2) is 12.5 Å². The number of nitriles is 1. The smallest absolute Gasteiger partial charge is 0.224 e. The summed E-state index contributed by atoms with van der Waals surface area (Å²) in [7, 11) is 0. The quantitative estimate of drug-likeness (QED) is 0.862. The first-order valence-corrected chi connectivity index (χ1v) is 5.66. The molecule has 0 spiro atoms. The highest BCUT2D eigenvalue weighted by atomic mass is 16.1. The molecule has 17 heavy (non-hydrogen) atoms. The highest BCUT2D eigenvalue weighted by molar-refractivity contribution is 5.78. The van der Waals surface area contributed by atoms with Gasteiger partial charge in [0, 0.05) is 6.54 Å². The lowest BCUT2D eigenvalue weighted by atomic mass is 9.96. The summed E-state index contributed by atoms with van der Waals surface area (Å²) in [5, 5.41) is 11.6. The van der Waals surface area contributed by atoms with Crippen molar-refractivity contribution in [3.05, 3.63) is 35.4 Å². The third-order valence-electron chi connectivity index (χ3n) is 2.48. The highest BCUT2D eigenvalue weighted by Gasteiger charge is 2.17. The van der Waals surface area contributed by atoms with Crippen LogP contribution in [0.1, 0.15) is 25.0 Å². The molecule has 1 N–H and O–H groups in total. The van der Waals surface area contributed by atoms with Crippen LogP contribution in [0.5, 0.6) is 0 Å². The number of nitrogens with one attached hydrogen (secondary N) is 1. The molecule has 0 heterocycles. The van der Waals surface area contributed by atoms with E-state index in [0.717, 1.165) is 11.1 Å². The Kier molecular flexibility index (Phi) is 4.28. The number of amides is 1. The Morgan fingerprint density at radius 2 is 2.18 bits per heavy atom. The van der Waals surface area contributed by atoms with Crippen molar-refractivity contribution in [2.45, 2.75) is 27.2 Å². The molecule has 0 unspecified atom stereocenters. The largest absolute Gasteiger partial charge is 0.354 e. The van der Waals surface area contributed by atoms with Gasteiger partial charge in [-0.15, -0.1) is 0 Å². The fourth-order valence-electron chi connectivity index (χ4n) is 1.43. The molecular weight excluding hydrogens is 212 g/mol. The van der Waals surface area contributed by atoms with E-state index in [9.17, 15) is 4.79 Å². The van der Waals surface area contributed by atoms with Crippen molar-refractivity contribution in [1.82, 2.24) is 5.32 Å². The number of hydrogen-bond acceptors (Lipinski definition) is 2. The molecule has 1 aromatic rings. The summed E-state index contributed by atoms with van der Waals surface area (Å²) < 4.78 is 0. The second kappa shape index (κ2) is 5.49. The van der Waals surface area contributed by atoms with E-state index >= 15 is 0 Å². The summed E-state index contributed by atoms with van der Waals surface area (Å²) >= 11 is 0. The average molecular weight is 230 g/mol. The highest BCUT2D eigenvalue weighted by Crippen LogP contribution is 2.11. The van der Waals surface area contributed by atoms with Gasteiger partial charge in [0.2, 0.25) is 5.91 Å². The lowest BCUT2D eigenvalue weighted by Crippen LogP contribution is -2.34. The monoisotopic (exact) mass is 230 g/mol. The van der Waals surface area contributed by atoms with Gasteiger partial charge in [-0.3, -0.25) is 4.79 Å². The number of nitrogens with zero attached hydrogens (tertiary/aromatic N) is 1. The molecular formula is C14H18N2O. The normalized spacial score (nSPS) is 10.7. The van der Waals surface area contributed by atoms with Crippen molar-refractivity contribution >= 4 is 5.91 Å². The van der Waals surface area contributed by atoms with Gasteiger partial charge < -0.3 is 5.32 Å². The minimum atomic E-state index is -0.512. The molecule has 0 saturated heterocycles. The molecule has 1 rings (SSSR count). The van der Waals surface area contributed by atoms with Gasteiger partial charge in [0.05, 0.1) is 17.9 Å². The van der Waals surface area contributed by atoms with Gasteiger partial charge in [-0.1, -0.05) is 29.8 Å². The maximum atomic E-state index is 11.7. The summed E-state index contributed by atoms with van der Waals surface area (Å²) in [6.07, 6.45) is 0.364. The Hall–Kier alpha value is -1.82. The predicted octanol–water partition coefficient (Wildman–Crippen LogP) is 2.20. The van der Waals surface area contributed by atoms with Gasteiger partial charge in [-0.05, 0) is 26.3 Å². The lowest BCUT2D eigenvalue weighted by Gasteiger charge is -2.15. The fraction of sp³-hybridized carbons (Fsp3) is 0.429. The Bertz CT molecular complexity index is 444. The first kappa shape index (κ1) is 13.2. The lowest BCUT2D eigenvalue weighted by molar-refractivity contribution is -0.120. The Morgan fingerprint density at radius 3 is 2.76 bits per heavy atom. The first-order chi connectivity index (χ1) is 7.93. The average Bonchev–Trinajstić information content (AvgIpc) is 2.27. The van der Waals surface area contributed by atoms with Gasteiger partial charge in [0.15, 0.2) is 0 Å². The van der Waals surface area contributed by atoms with Crippen LogP contribution < -0.4 is 5.32 Å². The molecule has 1 amide bonds. The van der Waals surface area contributed by atoms with Crippen LogP contribution in [-0.2, 0) is 11.2 Å². The molecule has 0 aliphatic heterocycles. The summed E-state index contributed by atoms with van der Waals surface area (Å²) in [6.45, 7) is 5.99. The number of hydrogen-bond donors (Lipinski definition) is 1. The third kappa shape index (κ3) is 4.69. The minimum absolute atomic E-state index is 0.0427. The maximum absolute atomic E-state index is 11.7. The van der Waals surface area contributed by atoms with Crippen LogP contribution in [0, 0.1) is 23.7 Å². The number of aryl methyl sites for hydroxylation is 1. The topological polar surface area (TPSA) is 52.9 Å². The van der Waals surface area contributed by atoms with E-state index in [1.54, 1.807) is 13.8 Å². The molecule has 0 saturated carbocycles. The summed E-state index contributed by atoms with van der Waals surface area (Å²) in [5.74, 6) is -0.0427. The van der Waals surface area contributed by atoms with Crippen molar-refractivity contribution in [3.8, 4) is 6.07 Å². The SMILES string of the molecule is Cc1cccc(CC(=O)NCC(C)(C)C#N)c1. The molecule has 3 nitrogen and oxygen atoms in total. The Balaban J connectivity index is 2.49. The second-order valence-corrected chi connectivity index (χ2v) is 4.94. The molecule has 0 radical (unpaired) electrons. The molecule has 0 fully saturated rings. The van der Waals surface area contributed by atoms with Gasteiger partial charge >= 0.3 is 0 Å². The van der Waals surface area contributed by atoms with Crippen LogP contribution in [0.25, 0.3) is 0 Å². The minimum Gasteiger partial charge on any atom is -0.354 e. The standard InChI is InChI=1S/C14H18N2O/c1-11-5-4-6-12(7-11)8-13(17)16-10-14(2,3)9-15/h4-7H,8,10H2,1-3H3,(H,16,17). The molecule has 3 heteroatoms. The van der Waals surface area contributed by atoms with E-state index in [-0.39, 0.29) is 5.91 Å². The van der Waals surface area contributed by atoms with Crippen LogP contribution in [0.2, 0.25) is 0 Å². The van der Waals surface area contributed by atoms with Crippen LogP contribution in [0.4, 0.5) is 0 Å². The number of benzene rings is 1. The summed E-state index contributed by atoms with van der Waals surface area (Å²) in [6, 6.07) is 10.0. The zero-order valence-corrected chi connectivity index (χ0v) is 10.6. The Morgan fingerprint density at radius 1 is 1.47 bits per heavy atom. The molecule has 1 aromatic carbocycles. The fourth-order valence-corrected chi connectivity index (χ4v) is 1.43. The summed E-state index contributed by atoms with van der Waals surface area (Å²) in [4.78, 5) is 11.7.